The smallest absolute Gasteiger partial charge is 0.258 e. The zero-order chi connectivity index (χ0) is 19.8. The van der Waals surface area contributed by atoms with Crippen molar-refractivity contribution < 1.29 is 9.85 Å². The molecule has 6 nitrogen and oxygen atoms in total. The Morgan fingerprint density at radius 2 is 1.30 bits per heavy atom. The van der Waals surface area contributed by atoms with Gasteiger partial charge in [-0.05, 0) is 30.0 Å². The van der Waals surface area contributed by atoms with Crippen LogP contribution in [0.25, 0.3) is 0 Å². The van der Waals surface area contributed by atoms with Gasteiger partial charge in [0, 0.05) is 28.7 Å². The molecule has 0 aliphatic heterocycles. The second-order valence-electron chi connectivity index (χ2n) is 5.78. The van der Waals surface area contributed by atoms with Crippen LogP contribution in [-0.4, -0.2) is 9.85 Å². The molecule has 3 rings (SSSR count). The predicted molar refractivity (Wildman–Crippen MR) is 108 cm³/mol. The van der Waals surface area contributed by atoms with Crippen molar-refractivity contribution in [3.8, 4) is 0 Å². The number of hydrogen-bond acceptors (Lipinski definition) is 4. The molecular formula is C20H17BrN2O4. The lowest BCUT2D eigenvalue weighted by Crippen LogP contribution is -1.90. The van der Waals surface area contributed by atoms with E-state index in [-0.39, 0.29) is 16.3 Å². The lowest BCUT2D eigenvalue weighted by atomic mass is 10.1. The molecule has 7 heteroatoms. The molecule has 3 aromatic carbocycles. The summed E-state index contributed by atoms with van der Waals surface area (Å²) in [7, 11) is 0. The highest BCUT2D eigenvalue weighted by Gasteiger charge is 2.06. The quantitative estimate of drug-likeness (QED) is 0.385. The average Bonchev–Trinajstić information content (AvgIpc) is 2.65. The molecule has 0 heterocycles. The van der Waals surface area contributed by atoms with Gasteiger partial charge >= 0.3 is 0 Å². The van der Waals surface area contributed by atoms with Crippen LogP contribution >= 0.6 is 15.9 Å². The third-order valence-electron chi connectivity index (χ3n) is 3.76. The van der Waals surface area contributed by atoms with Gasteiger partial charge in [-0.1, -0.05) is 64.5 Å². The Morgan fingerprint density at radius 3 is 1.81 bits per heavy atom. The summed E-state index contributed by atoms with van der Waals surface area (Å²) >= 11 is 3.21. The van der Waals surface area contributed by atoms with Crippen LogP contribution in [0.5, 0.6) is 0 Å². The maximum Gasteiger partial charge on any atom is 0.270 e. The summed E-state index contributed by atoms with van der Waals surface area (Å²) in [5.74, 6) is 0. The Labute approximate surface area is 164 Å². The number of nitro benzene ring substituents is 2. The lowest BCUT2D eigenvalue weighted by molar-refractivity contribution is -0.385. The van der Waals surface area contributed by atoms with E-state index in [1.54, 1.807) is 18.2 Å². The van der Waals surface area contributed by atoms with Crippen molar-refractivity contribution in [2.45, 2.75) is 13.3 Å². The number of non-ortho nitro benzene ring substituents is 2. The largest absolute Gasteiger partial charge is 0.270 e. The van der Waals surface area contributed by atoms with Crippen LogP contribution in [0.15, 0.2) is 77.3 Å². The van der Waals surface area contributed by atoms with Gasteiger partial charge in [0.15, 0.2) is 0 Å². The second-order valence-corrected chi connectivity index (χ2v) is 6.63. The van der Waals surface area contributed by atoms with Gasteiger partial charge in [0.2, 0.25) is 0 Å². The Balaban J connectivity index is 0.000000208. The van der Waals surface area contributed by atoms with Crippen molar-refractivity contribution in [3.63, 3.8) is 0 Å². The van der Waals surface area contributed by atoms with E-state index in [2.05, 4.69) is 15.9 Å². The summed E-state index contributed by atoms with van der Waals surface area (Å²) in [5.41, 5.74) is 3.53. The number of benzene rings is 3. The summed E-state index contributed by atoms with van der Waals surface area (Å²) in [6.07, 6.45) is 0.804. The Hall–Kier alpha value is -3.06. The molecule has 0 atom stereocenters. The van der Waals surface area contributed by atoms with Gasteiger partial charge in [-0.2, -0.15) is 0 Å². The molecule has 0 saturated heterocycles. The van der Waals surface area contributed by atoms with Crippen LogP contribution in [0.4, 0.5) is 11.4 Å². The highest BCUT2D eigenvalue weighted by Crippen LogP contribution is 2.21. The standard InChI is InChI=1S/C13H11NO2.C7H6BrNO2/c15-14(16)13-8-6-12(7-9-13)10-11-4-2-1-3-5-11;1-5-2-3-6(9(10)11)4-7(5)8/h1-9H,10H2;2-4H,1H3. The zero-order valence-corrected chi connectivity index (χ0v) is 16.1. The monoisotopic (exact) mass is 428 g/mol. The van der Waals surface area contributed by atoms with Gasteiger partial charge in [-0.3, -0.25) is 20.2 Å². The molecule has 0 radical (unpaired) electrons. The molecule has 138 valence electrons. The van der Waals surface area contributed by atoms with Gasteiger partial charge in [0.1, 0.15) is 0 Å². The summed E-state index contributed by atoms with van der Waals surface area (Å²) in [5, 5.41) is 20.7. The van der Waals surface area contributed by atoms with Crippen molar-refractivity contribution >= 4 is 27.3 Å². The van der Waals surface area contributed by atoms with Crippen LogP contribution in [0, 0.1) is 27.2 Å². The molecule has 3 aromatic rings. The third-order valence-corrected chi connectivity index (χ3v) is 4.62. The topological polar surface area (TPSA) is 86.3 Å². The van der Waals surface area contributed by atoms with E-state index < -0.39 is 4.92 Å². The molecule has 0 aliphatic carbocycles. The number of aryl methyl sites for hydroxylation is 1. The Morgan fingerprint density at radius 1 is 0.778 bits per heavy atom. The molecule has 0 aromatic heterocycles. The molecule has 0 amide bonds. The minimum Gasteiger partial charge on any atom is -0.258 e. The van der Waals surface area contributed by atoms with E-state index in [0.29, 0.717) is 0 Å². The van der Waals surface area contributed by atoms with E-state index in [1.807, 2.05) is 37.3 Å². The first-order valence-electron chi connectivity index (χ1n) is 8.04. The summed E-state index contributed by atoms with van der Waals surface area (Å²) < 4.78 is 0.770. The molecule has 0 unspecified atom stereocenters. The maximum atomic E-state index is 10.5. The molecule has 0 aliphatic rings. The summed E-state index contributed by atoms with van der Waals surface area (Å²) in [6.45, 7) is 1.88. The van der Waals surface area contributed by atoms with Crippen molar-refractivity contribution in [1.82, 2.24) is 0 Å². The summed E-state index contributed by atoms with van der Waals surface area (Å²) in [4.78, 5) is 19.9. The summed E-state index contributed by atoms with van der Waals surface area (Å²) in [6, 6.07) is 21.4. The van der Waals surface area contributed by atoms with Crippen LogP contribution in [0.1, 0.15) is 16.7 Å². The molecule has 27 heavy (non-hydrogen) atoms. The van der Waals surface area contributed by atoms with Crippen molar-refractivity contribution in [3.05, 3.63) is 114 Å². The Bertz CT molecular complexity index is 928. The number of nitrogens with zero attached hydrogens (tertiary/aromatic N) is 2. The number of nitro groups is 2. The van der Waals surface area contributed by atoms with Gasteiger partial charge < -0.3 is 0 Å². The van der Waals surface area contributed by atoms with Crippen LogP contribution in [0.3, 0.4) is 0 Å². The van der Waals surface area contributed by atoms with Gasteiger partial charge in [-0.25, -0.2) is 0 Å². The number of rotatable bonds is 4. The molecule has 0 spiro atoms. The van der Waals surface area contributed by atoms with E-state index in [4.69, 9.17) is 0 Å². The first-order valence-corrected chi connectivity index (χ1v) is 8.84. The molecule has 0 bridgehead atoms. The fourth-order valence-electron chi connectivity index (χ4n) is 2.26. The van der Waals surface area contributed by atoms with Crippen molar-refractivity contribution in [2.24, 2.45) is 0 Å². The molecular weight excluding hydrogens is 412 g/mol. The van der Waals surface area contributed by atoms with Crippen LogP contribution in [-0.2, 0) is 6.42 Å². The van der Waals surface area contributed by atoms with E-state index in [0.717, 1.165) is 22.0 Å². The van der Waals surface area contributed by atoms with E-state index in [1.165, 1.54) is 29.8 Å². The second kappa shape index (κ2) is 9.59. The lowest BCUT2D eigenvalue weighted by Gasteiger charge is -2.00. The van der Waals surface area contributed by atoms with Crippen molar-refractivity contribution in [1.29, 1.82) is 0 Å². The number of halogens is 1. The van der Waals surface area contributed by atoms with Crippen LogP contribution < -0.4 is 0 Å². The fraction of sp³-hybridized carbons (Fsp3) is 0.100. The van der Waals surface area contributed by atoms with Gasteiger partial charge in [0.05, 0.1) is 9.85 Å². The number of hydrogen-bond donors (Lipinski definition) is 0. The fourth-order valence-corrected chi connectivity index (χ4v) is 2.63. The van der Waals surface area contributed by atoms with E-state index >= 15 is 0 Å². The molecule has 0 fully saturated rings. The first-order chi connectivity index (χ1) is 12.9. The highest BCUT2D eigenvalue weighted by atomic mass is 79.9. The first kappa shape index (κ1) is 20.3. The van der Waals surface area contributed by atoms with Crippen molar-refractivity contribution in [2.75, 3.05) is 0 Å². The van der Waals surface area contributed by atoms with Gasteiger partial charge in [-0.15, -0.1) is 0 Å². The average molecular weight is 429 g/mol. The van der Waals surface area contributed by atoms with E-state index in [9.17, 15) is 20.2 Å². The highest BCUT2D eigenvalue weighted by molar-refractivity contribution is 9.10. The minimum absolute atomic E-state index is 0.113. The minimum atomic E-state index is -0.412. The maximum absolute atomic E-state index is 10.5. The Kier molecular flexibility index (Phi) is 7.19. The third kappa shape index (κ3) is 6.31. The zero-order valence-electron chi connectivity index (χ0n) is 14.5. The SMILES string of the molecule is Cc1ccc([N+](=O)[O-])cc1Br.O=[N+]([O-])c1ccc(Cc2ccccc2)cc1. The van der Waals surface area contributed by atoms with Crippen LogP contribution in [0.2, 0.25) is 0 Å². The van der Waals surface area contributed by atoms with Gasteiger partial charge in [0.25, 0.3) is 11.4 Å². The normalized spacial score (nSPS) is 9.85. The molecule has 0 N–H and O–H groups in total. The molecule has 0 saturated carbocycles. The predicted octanol–water partition coefficient (Wildman–Crippen LogP) is 5.85.